The largest absolute Gasteiger partial charge is 0.490 e. The van der Waals surface area contributed by atoms with Gasteiger partial charge in [-0.3, -0.25) is 5.43 Å². The van der Waals surface area contributed by atoms with Crippen molar-refractivity contribution < 1.29 is 17.9 Å². The first kappa shape index (κ1) is 18.3. The standard InChI is InChI=1S/C20H21F3N2O/c21-20(22,23)16-5-4-6-17(13-16)25-24-14-15-9-11-19(12-10-15)26-18-7-2-1-3-8-18/h4-6,9-14,18,25H,1-3,7-8H2. The van der Waals surface area contributed by atoms with E-state index >= 15 is 0 Å². The van der Waals surface area contributed by atoms with Crippen LogP contribution in [0.3, 0.4) is 0 Å². The van der Waals surface area contributed by atoms with Crippen molar-refractivity contribution in [3.8, 4) is 5.75 Å². The number of nitrogens with one attached hydrogen (secondary N) is 1. The minimum absolute atomic E-state index is 0.285. The molecule has 0 saturated heterocycles. The molecule has 0 amide bonds. The molecule has 3 rings (SSSR count). The van der Waals surface area contributed by atoms with Crippen molar-refractivity contribution in [1.82, 2.24) is 0 Å². The SMILES string of the molecule is FC(F)(F)c1cccc(NN=Cc2ccc(OC3CCCCC3)cc2)c1. The second kappa shape index (κ2) is 8.25. The summed E-state index contributed by atoms with van der Waals surface area (Å²) in [6.07, 6.45) is 3.42. The van der Waals surface area contributed by atoms with E-state index in [0.717, 1.165) is 36.3 Å². The van der Waals surface area contributed by atoms with Crippen molar-refractivity contribution in [2.75, 3.05) is 5.43 Å². The zero-order valence-electron chi connectivity index (χ0n) is 14.3. The summed E-state index contributed by atoms with van der Waals surface area (Å²) in [6.45, 7) is 0. The Hall–Kier alpha value is -2.50. The van der Waals surface area contributed by atoms with Crippen LogP contribution in [0.1, 0.15) is 43.2 Å². The molecule has 0 atom stereocenters. The lowest BCUT2D eigenvalue weighted by Gasteiger charge is -2.22. The van der Waals surface area contributed by atoms with E-state index in [2.05, 4.69) is 10.5 Å². The fourth-order valence-electron chi connectivity index (χ4n) is 2.95. The van der Waals surface area contributed by atoms with Gasteiger partial charge >= 0.3 is 6.18 Å². The fraction of sp³-hybridized carbons (Fsp3) is 0.350. The highest BCUT2D eigenvalue weighted by Gasteiger charge is 2.30. The van der Waals surface area contributed by atoms with Crippen molar-refractivity contribution in [3.05, 3.63) is 59.7 Å². The Labute approximate surface area is 150 Å². The first-order valence-corrected chi connectivity index (χ1v) is 8.74. The molecule has 3 nitrogen and oxygen atoms in total. The third-order valence-electron chi connectivity index (χ3n) is 4.33. The van der Waals surface area contributed by atoms with Crippen LogP contribution >= 0.6 is 0 Å². The van der Waals surface area contributed by atoms with Crippen LogP contribution in [0.2, 0.25) is 0 Å². The highest BCUT2D eigenvalue weighted by molar-refractivity contribution is 5.80. The van der Waals surface area contributed by atoms with Gasteiger partial charge in [0.15, 0.2) is 0 Å². The number of alkyl halides is 3. The Bertz CT molecular complexity index is 735. The second-order valence-electron chi connectivity index (χ2n) is 6.40. The van der Waals surface area contributed by atoms with Gasteiger partial charge in [-0.2, -0.15) is 18.3 Å². The molecule has 1 N–H and O–H groups in total. The number of hydrogen-bond donors (Lipinski definition) is 1. The maximum absolute atomic E-state index is 12.7. The van der Waals surface area contributed by atoms with E-state index in [1.807, 2.05) is 24.3 Å². The summed E-state index contributed by atoms with van der Waals surface area (Å²) in [5.74, 6) is 0.833. The van der Waals surface area contributed by atoms with Crippen LogP contribution in [0, 0.1) is 0 Å². The zero-order valence-corrected chi connectivity index (χ0v) is 14.3. The number of hydrazone groups is 1. The third-order valence-corrected chi connectivity index (χ3v) is 4.33. The number of anilines is 1. The predicted octanol–water partition coefficient (Wildman–Crippen LogP) is 5.86. The highest BCUT2D eigenvalue weighted by Crippen LogP contribution is 2.30. The number of ether oxygens (including phenoxy) is 1. The Balaban J connectivity index is 1.55. The average Bonchev–Trinajstić information content (AvgIpc) is 2.64. The Kier molecular flexibility index (Phi) is 5.81. The quantitative estimate of drug-likeness (QED) is 0.534. The minimum Gasteiger partial charge on any atom is -0.490 e. The molecule has 6 heteroatoms. The van der Waals surface area contributed by atoms with E-state index in [0.29, 0.717) is 6.10 Å². The van der Waals surface area contributed by atoms with Gasteiger partial charge in [-0.15, -0.1) is 0 Å². The fourth-order valence-corrected chi connectivity index (χ4v) is 2.95. The van der Waals surface area contributed by atoms with Crippen LogP contribution in [0.5, 0.6) is 5.75 Å². The predicted molar refractivity (Wildman–Crippen MR) is 96.6 cm³/mol. The minimum atomic E-state index is -4.37. The van der Waals surface area contributed by atoms with Gasteiger partial charge in [0.05, 0.1) is 23.6 Å². The smallest absolute Gasteiger partial charge is 0.416 e. The summed E-state index contributed by atoms with van der Waals surface area (Å²) in [7, 11) is 0. The molecule has 0 unspecified atom stereocenters. The molecule has 0 bridgehead atoms. The highest BCUT2D eigenvalue weighted by atomic mass is 19.4. The van der Waals surface area contributed by atoms with Gasteiger partial charge in [0.2, 0.25) is 0 Å². The summed E-state index contributed by atoms with van der Waals surface area (Å²) in [5.41, 5.74) is 3.04. The topological polar surface area (TPSA) is 33.6 Å². The van der Waals surface area contributed by atoms with E-state index < -0.39 is 11.7 Å². The molecule has 0 spiro atoms. The lowest BCUT2D eigenvalue weighted by molar-refractivity contribution is -0.137. The Morgan fingerprint density at radius 2 is 1.73 bits per heavy atom. The molecule has 2 aromatic rings. The van der Waals surface area contributed by atoms with Crippen molar-refractivity contribution in [2.45, 2.75) is 44.4 Å². The van der Waals surface area contributed by atoms with Crippen molar-refractivity contribution in [3.63, 3.8) is 0 Å². The first-order chi connectivity index (χ1) is 12.5. The van der Waals surface area contributed by atoms with Gasteiger partial charge in [-0.05, 0) is 73.7 Å². The molecule has 0 heterocycles. The maximum atomic E-state index is 12.7. The molecule has 1 saturated carbocycles. The molecule has 1 aliphatic carbocycles. The van der Waals surface area contributed by atoms with Crippen LogP contribution in [0.25, 0.3) is 0 Å². The maximum Gasteiger partial charge on any atom is 0.416 e. The lowest BCUT2D eigenvalue weighted by Crippen LogP contribution is -2.19. The van der Waals surface area contributed by atoms with Crippen molar-refractivity contribution in [2.24, 2.45) is 5.10 Å². The normalized spacial score (nSPS) is 16.0. The molecule has 1 fully saturated rings. The molecule has 1 aliphatic rings. The van der Waals surface area contributed by atoms with E-state index in [4.69, 9.17) is 4.74 Å². The monoisotopic (exact) mass is 362 g/mol. The molecule has 0 radical (unpaired) electrons. The Morgan fingerprint density at radius 3 is 2.42 bits per heavy atom. The van der Waals surface area contributed by atoms with Gasteiger partial charge < -0.3 is 4.74 Å². The van der Waals surface area contributed by atoms with Crippen LogP contribution in [-0.4, -0.2) is 12.3 Å². The van der Waals surface area contributed by atoms with Crippen LogP contribution < -0.4 is 10.2 Å². The second-order valence-corrected chi connectivity index (χ2v) is 6.40. The first-order valence-electron chi connectivity index (χ1n) is 8.74. The van der Waals surface area contributed by atoms with Gasteiger partial charge in [0.25, 0.3) is 0 Å². The number of rotatable bonds is 5. The zero-order chi connectivity index (χ0) is 18.4. The van der Waals surface area contributed by atoms with E-state index in [1.165, 1.54) is 31.4 Å². The third kappa shape index (κ3) is 5.25. The van der Waals surface area contributed by atoms with Crippen LogP contribution in [0.4, 0.5) is 18.9 Å². The number of hydrogen-bond acceptors (Lipinski definition) is 3. The molecule has 0 aromatic heterocycles. The van der Waals surface area contributed by atoms with E-state index in [-0.39, 0.29) is 5.69 Å². The summed E-state index contributed by atoms with van der Waals surface area (Å²) >= 11 is 0. The molecule has 0 aliphatic heterocycles. The number of halogens is 3. The number of benzene rings is 2. The number of nitrogens with zero attached hydrogens (tertiary/aromatic N) is 1. The summed E-state index contributed by atoms with van der Waals surface area (Å²) < 4.78 is 44.0. The summed E-state index contributed by atoms with van der Waals surface area (Å²) in [5, 5.41) is 4.00. The Morgan fingerprint density at radius 1 is 1.00 bits per heavy atom. The van der Waals surface area contributed by atoms with Gasteiger partial charge in [0.1, 0.15) is 5.75 Å². The van der Waals surface area contributed by atoms with Crippen molar-refractivity contribution in [1.29, 1.82) is 0 Å². The van der Waals surface area contributed by atoms with Crippen LogP contribution in [-0.2, 0) is 6.18 Å². The van der Waals surface area contributed by atoms with Gasteiger partial charge in [0, 0.05) is 0 Å². The molecule has 138 valence electrons. The molecular weight excluding hydrogens is 341 g/mol. The van der Waals surface area contributed by atoms with Gasteiger partial charge in [-0.25, -0.2) is 0 Å². The molecule has 26 heavy (non-hydrogen) atoms. The lowest BCUT2D eigenvalue weighted by atomic mass is 9.98. The van der Waals surface area contributed by atoms with E-state index in [1.54, 1.807) is 6.21 Å². The summed E-state index contributed by atoms with van der Waals surface area (Å²) in [6, 6.07) is 12.5. The van der Waals surface area contributed by atoms with Crippen molar-refractivity contribution >= 4 is 11.9 Å². The van der Waals surface area contributed by atoms with Gasteiger partial charge in [-0.1, -0.05) is 12.5 Å². The van der Waals surface area contributed by atoms with Crippen LogP contribution in [0.15, 0.2) is 53.6 Å². The molecular formula is C20H21F3N2O. The average molecular weight is 362 g/mol. The molecule has 2 aromatic carbocycles. The summed E-state index contributed by atoms with van der Waals surface area (Å²) in [4.78, 5) is 0. The van der Waals surface area contributed by atoms with E-state index in [9.17, 15) is 13.2 Å².